The highest BCUT2D eigenvalue weighted by atomic mass is 16.5. The molecule has 0 radical (unpaired) electrons. The van der Waals surface area contributed by atoms with Crippen molar-refractivity contribution in [3.8, 4) is 0 Å². The molecule has 4 fully saturated rings. The van der Waals surface area contributed by atoms with Gasteiger partial charge in [0.15, 0.2) is 0 Å². The van der Waals surface area contributed by atoms with Crippen LogP contribution in [-0.2, 0) is 9.53 Å². The molecule has 0 heterocycles. The second-order valence-corrected chi connectivity index (χ2v) is 7.14. The fourth-order valence-corrected chi connectivity index (χ4v) is 5.43. The molecule has 0 N–H and O–H groups in total. The van der Waals surface area contributed by atoms with Crippen LogP contribution >= 0.6 is 0 Å². The molecule has 0 saturated heterocycles. The van der Waals surface area contributed by atoms with E-state index in [-0.39, 0.29) is 12.1 Å². The van der Waals surface area contributed by atoms with Crippen molar-refractivity contribution in [2.45, 2.75) is 64.4 Å². The van der Waals surface area contributed by atoms with Crippen LogP contribution in [-0.4, -0.2) is 12.1 Å². The van der Waals surface area contributed by atoms with E-state index in [0.29, 0.717) is 11.3 Å². The maximum atomic E-state index is 11.7. The van der Waals surface area contributed by atoms with Crippen LogP contribution in [0.5, 0.6) is 0 Å². The Morgan fingerprint density at radius 1 is 1.32 bits per heavy atom. The Morgan fingerprint density at radius 2 is 2.00 bits per heavy atom. The van der Waals surface area contributed by atoms with Gasteiger partial charge in [0.2, 0.25) is 0 Å². The first-order valence-corrected chi connectivity index (χ1v) is 8.00. The second kappa shape index (κ2) is 4.96. The number of esters is 1. The molecule has 3 atom stereocenters. The fourth-order valence-electron chi connectivity index (χ4n) is 5.43. The first-order valence-electron chi connectivity index (χ1n) is 8.00. The largest absolute Gasteiger partial charge is 0.458 e. The molecule has 4 aliphatic rings. The van der Waals surface area contributed by atoms with E-state index >= 15 is 0 Å². The van der Waals surface area contributed by atoms with Crippen molar-refractivity contribution in [3.63, 3.8) is 0 Å². The molecule has 4 saturated carbocycles. The Balaban J connectivity index is 1.82. The van der Waals surface area contributed by atoms with Crippen molar-refractivity contribution in [2.24, 2.45) is 23.2 Å². The molecule has 0 aromatic heterocycles. The van der Waals surface area contributed by atoms with Gasteiger partial charge in [0.05, 0.1) is 0 Å². The van der Waals surface area contributed by atoms with E-state index in [4.69, 9.17) is 4.74 Å². The average Bonchev–Trinajstić information content (AvgIpc) is 2.39. The number of hydrogen-bond acceptors (Lipinski definition) is 2. The fraction of sp³-hybridized carbons (Fsp3) is 0.824. The van der Waals surface area contributed by atoms with E-state index in [9.17, 15) is 4.79 Å². The molecule has 4 aliphatic carbocycles. The van der Waals surface area contributed by atoms with Gasteiger partial charge >= 0.3 is 5.97 Å². The van der Waals surface area contributed by atoms with Gasteiger partial charge in [0, 0.05) is 11.5 Å². The Hall–Kier alpha value is -0.790. The molecule has 106 valence electrons. The molecule has 0 aliphatic heterocycles. The summed E-state index contributed by atoms with van der Waals surface area (Å²) in [5.74, 6) is 2.24. The predicted octanol–water partition coefficient (Wildman–Crippen LogP) is 4.10. The summed E-state index contributed by atoms with van der Waals surface area (Å²) in [6.07, 6.45) is 11.9. The summed E-state index contributed by atoms with van der Waals surface area (Å²) < 4.78 is 5.82. The van der Waals surface area contributed by atoms with Crippen molar-refractivity contribution in [1.82, 2.24) is 0 Å². The Kier molecular flexibility index (Phi) is 3.44. The number of carbonyl (C=O) groups is 1. The standard InChI is InChI=1S/C17H26O2/c1-3-5-6-17-10-12-7-13(11-17)9-14(8-12)16(17)19-15(18)4-2/h4,12-14,16H,2-3,5-11H2,1H3. The van der Waals surface area contributed by atoms with E-state index in [0.717, 1.165) is 11.8 Å². The Bertz CT molecular complexity index is 359. The molecule has 0 aromatic rings. The predicted molar refractivity (Wildman–Crippen MR) is 75.6 cm³/mol. The van der Waals surface area contributed by atoms with Crippen molar-refractivity contribution in [1.29, 1.82) is 0 Å². The number of unbranched alkanes of at least 4 members (excludes halogenated alkanes) is 1. The quantitative estimate of drug-likeness (QED) is 0.551. The highest BCUT2D eigenvalue weighted by molar-refractivity contribution is 5.81. The lowest BCUT2D eigenvalue weighted by molar-refractivity contribution is -0.191. The molecule has 0 spiro atoms. The normalized spacial score (nSPS) is 43.2. The molecule has 2 nitrogen and oxygen atoms in total. The van der Waals surface area contributed by atoms with Gasteiger partial charge in [0.25, 0.3) is 0 Å². The molecule has 4 rings (SSSR count). The van der Waals surface area contributed by atoms with E-state index in [1.165, 1.54) is 57.4 Å². The van der Waals surface area contributed by atoms with Gasteiger partial charge in [-0.25, -0.2) is 4.79 Å². The zero-order chi connectivity index (χ0) is 13.5. The van der Waals surface area contributed by atoms with Crippen molar-refractivity contribution >= 4 is 5.97 Å². The summed E-state index contributed by atoms with van der Waals surface area (Å²) in [6.45, 7) is 5.81. The second-order valence-electron chi connectivity index (χ2n) is 7.14. The summed E-state index contributed by atoms with van der Waals surface area (Å²) >= 11 is 0. The van der Waals surface area contributed by atoms with Gasteiger partial charge in [-0.3, -0.25) is 0 Å². The van der Waals surface area contributed by atoms with Crippen LogP contribution < -0.4 is 0 Å². The lowest BCUT2D eigenvalue weighted by Gasteiger charge is -2.60. The van der Waals surface area contributed by atoms with Crippen LogP contribution in [0.1, 0.15) is 58.3 Å². The van der Waals surface area contributed by atoms with Crippen LogP contribution in [0.2, 0.25) is 0 Å². The van der Waals surface area contributed by atoms with Crippen LogP contribution in [0.4, 0.5) is 0 Å². The van der Waals surface area contributed by atoms with Gasteiger partial charge in [-0.05, 0) is 56.3 Å². The maximum absolute atomic E-state index is 11.7. The summed E-state index contributed by atoms with van der Waals surface area (Å²) in [7, 11) is 0. The smallest absolute Gasteiger partial charge is 0.330 e. The van der Waals surface area contributed by atoms with E-state index < -0.39 is 0 Å². The minimum atomic E-state index is -0.214. The third-order valence-electron chi connectivity index (χ3n) is 5.80. The van der Waals surface area contributed by atoms with Crippen molar-refractivity contribution in [3.05, 3.63) is 12.7 Å². The number of ether oxygens (including phenoxy) is 1. The van der Waals surface area contributed by atoms with Gasteiger partial charge < -0.3 is 4.74 Å². The zero-order valence-electron chi connectivity index (χ0n) is 12.1. The number of hydrogen-bond donors (Lipinski definition) is 0. The molecule has 3 unspecified atom stereocenters. The van der Waals surface area contributed by atoms with Crippen molar-refractivity contribution in [2.75, 3.05) is 0 Å². The van der Waals surface area contributed by atoms with E-state index in [1.807, 2.05) is 0 Å². The van der Waals surface area contributed by atoms with E-state index in [1.54, 1.807) is 0 Å². The molecular formula is C17H26O2. The molecule has 0 amide bonds. The zero-order valence-corrected chi connectivity index (χ0v) is 12.1. The number of rotatable bonds is 5. The lowest BCUT2D eigenvalue weighted by Crippen LogP contribution is -2.57. The van der Waals surface area contributed by atoms with Crippen LogP contribution in [0.15, 0.2) is 12.7 Å². The summed E-state index contributed by atoms with van der Waals surface area (Å²) in [6, 6.07) is 0. The first kappa shape index (κ1) is 13.2. The third-order valence-corrected chi connectivity index (χ3v) is 5.80. The monoisotopic (exact) mass is 262 g/mol. The minimum absolute atomic E-state index is 0.178. The first-order chi connectivity index (χ1) is 9.16. The van der Waals surface area contributed by atoms with Crippen LogP contribution in [0, 0.1) is 23.2 Å². The number of carbonyl (C=O) groups excluding carboxylic acids is 1. The lowest BCUT2D eigenvalue weighted by atomic mass is 9.47. The summed E-state index contributed by atoms with van der Waals surface area (Å²) in [5, 5.41) is 0. The molecule has 19 heavy (non-hydrogen) atoms. The Labute approximate surface area is 116 Å². The SMILES string of the molecule is C=CC(=O)OC1C2CC3CC(C2)CC1(CCCC)C3. The van der Waals surface area contributed by atoms with E-state index in [2.05, 4.69) is 13.5 Å². The van der Waals surface area contributed by atoms with Crippen LogP contribution in [0.3, 0.4) is 0 Å². The summed E-state index contributed by atoms with van der Waals surface area (Å²) in [4.78, 5) is 11.7. The summed E-state index contributed by atoms with van der Waals surface area (Å²) in [5.41, 5.74) is 0.309. The topological polar surface area (TPSA) is 26.3 Å². The van der Waals surface area contributed by atoms with Gasteiger partial charge in [0.1, 0.15) is 6.10 Å². The van der Waals surface area contributed by atoms with Gasteiger partial charge in [-0.2, -0.15) is 0 Å². The highest BCUT2D eigenvalue weighted by Gasteiger charge is 2.58. The maximum Gasteiger partial charge on any atom is 0.330 e. The third kappa shape index (κ3) is 2.23. The average molecular weight is 262 g/mol. The van der Waals surface area contributed by atoms with Gasteiger partial charge in [-0.1, -0.05) is 26.3 Å². The molecule has 4 bridgehead atoms. The Morgan fingerprint density at radius 3 is 2.58 bits per heavy atom. The molecule has 2 heteroatoms. The van der Waals surface area contributed by atoms with Crippen LogP contribution in [0.25, 0.3) is 0 Å². The molecular weight excluding hydrogens is 236 g/mol. The minimum Gasteiger partial charge on any atom is -0.458 e. The van der Waals surface area contributed by atoms with Crippen molar-refractivity contribution < 1.29 is 9.53 Å². The highest BCUT2D eigenvalue weighted by Crippen LogP contribution is 2.62. The molecule has 0 aromatic carbocycles. The van der Waals surface area contributed by atoms with Gasteiger partial charge in [-0.15, -0.1) is 0 Å².